The summed E-state index contributed by atoms with van der Waals surface area (Å²) in [5.41, 5.74) is 1.02. The number of carbonyl (C=O) groups excluding carboxylic acids is 1. The molecule has 1 heterocycles. The lowest BCUT2D eigenvalue weighted by Gasteiger charge is -2.10. The van der Waals surface area contributed by atoms with E-state index in [1.54, 1.807) is 22.9 Å². The maximum atomic E-state index is 12.6. The van der Waals surface area contributed by atoms with E-state index in [4.69, 9.17) is 11.6 Å². The van der Waals surface area contributed by atoms with Crippen LogP contribution in [-0.2, 0) is 13.1 Å². The van der Waals surface area contributed by atoms with Crippen molar-refractivity contribution in [2.45, 2.75) is 20.0 Å². The largest absolute Gasteiger partial charge is 0.346 e. The summed E-state index contributed by atoms with van der Waals surface area (Å²) in [5.74, 6) is -0.507. The van der Waals surface area contributed by atoms with Crippen molar-refractivity contribution in [3.63, 3.8) is 0 Å². The van der Waals surface area contributed by atoms with Gasteiger partial charge in [-0.25, -0.2) is 0 Å². The highest BCUT2D eigenvalue weighted by Crippen LogP contribution is 2.14. The Kier molecular flexibility index (Phi) is 4.62. The smallest absolute Gasteiger partial charge is 0.276 e. The number of nitrogens with one attached hydrogen (secondary N) is 1. The third kappa shape index (κ3) is 3.03. The average molecular weight is 342 g/mol. The molecule has 0 fully saturated rings. The fourth-order valence-electron chi connectivity index (χ4n) is 2.53. The SMILES string of the molecule is CCn1nc(C(=O)NCc2ccccc2Cl)c(=O)c2ccccc21. The van der Waals surface area contributed by atoms with Crippen LogP contribution in [-0.4, -0.2) is 15.7 Å². The number of carbonyl (C=O) groups is 1. The first-order valence-electron chi connectivity index (χ1n) is 7.63. The van der Waals surface area contributed by atoms with Crippen molar-refractivity contribution in [3.05, 3.63) is 75.0 Å². The monoisotopic (exact) mass is 341 g/mol. The Morgan fingerprint density at radius 2 is 1.88 bits per heavy atom. The van der Waals surface area contributed by atoms with Gasteiger partial charge in [0.25, 0.3) is 5.91 Å². The van der Waals surface area contributed by atoms with Crippen molar-refractivity contribution in [3.8, 4) is 0 Å². The molecule has 5 nitrogen and oxygen atoms in total. The van der Waals surface area contributed by atoms with Gasteiger partial charge < -0.3 is 5.32 Å². The number of benzene rings is 2. The van der Waals surface area contributed by atoms with E-state index in [2.05, 4.69) is 10.4 Å². The van der Waals surface area contributed by atoms with E-state index in [0.29, 0.717) is 22.5 Å². The lowest BCUT2D eigenvalue weighted by atomic mass is 10.2. The van der Waals surface area contributed by atoms with E-state index in [1.807, 2.05) is 37.3 Å². The first-order chi connectivity index (χ1) is 11.6. The van der Waals surface area contributed by atoms with Crippen LogP contribution in [0.3, 0.4) is 0 Å². The maximum absolute atomic E-state index is 12.6. The molecule has 0 spiro atoms. The summed E-state index contributed by atoms with van der Waals surface area (Å²) in [5, 5.41) is 7.97. The zero-order valence-corrected chi connectivity index (χ0v) is 13.9. The highest BCUT2D eigenvalue weighted by atomic mass is 35.5. The van der Waals surface area contributed by atoms with Crippen LogP contribution in [0, 0.1) is 0 Å². The summed E-state index contributed by atoms with van der Waals surface area (Å²) in [6, 6.07) is 14.4. The molecule has 2 aromatic carbocycles. The molecule has 6 heteroatoms. The average Bonchev–Trinajstić information content (AvgIpc) is 2.61. The molecular weight excluding hydrogens is 326 g/mol. The van der Waals surface area contributed by atoms with Crippen molar-refractivity contribution < 1.29 is 4.79 Å². The van der Waals surface area contributed by atoms with Gasteiger partial charge in [0.05, 0.1) is 5.52 Å². The Morgan fingerprint density at radius 1 is 1.17 bits per heavy atom. The molecule has 0 aliphatic rings. The van der Waals surface area contributed by atoms with Crippen molar-refractivity contribution in [2.24, 2.45) is 0 Å². The Morgan fingerprint density at radius 3 is 2.62 bits per heavy atom. The van der Waals surface area contributed by atoms with Gasteiger partial charge in [-0.1, -0.05) is 41.9 Å². The van der Waals surface area contributed by atoms with Crippen molar-refractivity contribution >= 4 is 28.4 Å². The van der Waals surface area contributed by atoms with E-state index in [0.717, 1.165) is 5.56 Å². The second-order valence-electron chi connectivity index (χ2n) is 5.28. The van der Waals surface area contributed by atoms with Gasteiger partial charge in [-0.05, 0) is 30.7 Å². The van der Waals surface area contributed by atoms with E-state index >= 15 is 0 Å². The molecule has 3 rings (SSSR count). The Bertz CT molecular complexity index is 966. The third-order valence-electron chi connectivity index (χ3n) is 3.77. The number of halogens is 1. The van der Waals surface area contributed by atoms with E-state index in [9.17, 15) is 9.59 Å². The van der Waals surface area contributed by atoms with Gasteiger partial charge in [0, 0.05) is 23.5 Å². The second kappa shape index (κ2) is 6.84. The maximum Gasteiger partial charge on any atom is 0.276 e. The van der Waals surface area contributed by atoms with Crippen molar-refractivity contribution in [2.75, 3.05) is 0 Å². The molecule has 122 valence electrons. The molecule has 1 aromatic heterocycles. The molecule has 0 unspecified atom stereocenters. The predicted molar refractivity (Wildman–Crippen MR) is 94.3 cm³/mol. The molecule has 1 amide bonds. The van der Waals surface area contributed by atoms with Crippen LogP contribution in [0.4, 0.5) is 0 Å². The van der Waals surface area contributed by atoms with Crippen LogP contribution in [0.2, 0.25) is 5.02 Å². The minimum absolute atomic E-state index is 0.109. The number of para-hydroxylation sites is 1. The standard InChI is InChI=1S/C18H16ClN3O2/c1-2-22-15-10-6-4-8-13(15)17(23)16(21-22)18(24)20-11-12-7-3-5-9-14(12)19/h3-10H,2,11H2,1H3,(H,20,24). The predicted octanol–water partition coefficient (Wildman–Crippen LogP) is 3.00. The molecule has 0 radical (unpaired) electrons. The molecule has 1 N–H and O–H groups in total. The van der Waals surface area contributed by atoms with Crippen LogP contribution < -0.4 is 10.7 Å². The molecule has 0 saturated heterocycles. The zero-order valence-electron chi connectivity index (χ0n) is 13.1. The second-order valence-corrected chi connectivity index (χ2v) is 5.69. The zero-order chi connectivity index (χ0) is 17.1. The molecule has 24 heavy (non-hydrogen) atoms. The fraction of sp³-hybridized carbons (Fsp3) is 0.167. The highest BCUT2D eigenvalue weighted by molar-refractivity contribution is 6.31. The molecule has 0 saturated carbocycles. The lowest BCUT2D eigenvalue weighted by molar-refractivity contribution is 0.0943. The minimum Gasteiger partial charge on any atom is -0.346 e. The van der Waals surface area contributed by atoms with Crippen LogP contribution in [0.5, 0.6) is 0 Å². The first kappa shape index (κ1) is 16.2. The third-order valence-corrected chi connectivity index (χ3v) is 4.14. The quantitative estimate of drug-likeness (QED) is 0.793. The Hall–Kier alpha value is -2.66. The molecule has 3 aromatic rings. The van der Waals surface area contributed by atoms with Crippen molar-refractivity contribution in [1.29, 1.82) is 0 Å². The summed E-state index contributed by atoms with van der Waals surface area (Å²) < 4.78 is 1.65. The number of aryl methyl sites for hydroxylation is 1. The summed E-state index contributed by atoms with van der Waals surface area (Å²) >= 11 is 6.08. The van der Waals surface area contributed by atoms with Crippen LogP contribution in [0.15, 0.2) is 53.3 Å². The van der Waals surface area contributed by atoms with Gasteiger partial charge in [0.1, 0.15) is 0 Å². The fourth-order valence-corrected chi connectivity index (χ4v) is 2.73. The number of aromatic nitrogens is 2. The summed E-state index contributed by atoms with van der Waals surface area (Å²) in [6.07, 6.45) is 0. The number of hydrogen-bond donors (Lipinski definition) is 1. The highest BCUT2D eigenvalue weighted by Gasteiger charge is 2.17. The van der Waals surface area contributed by atoms with Gasteiger partial charge in [0.15, 0.2) is 5.69 Å². The molecule has 0 atom stereocenters. The molecule has 0 aliphatic carbocycles. The van der Waals surface area contributed by atoms with E-state index in [-0.39, 0.29) is 17.7 Å². The minimum atomic E-state index is -0.507. The normalized spacial score (nSPS) is 10.8. The number of nitrogens with zero attached hydrogens (tertiary/aromatic N) is 2. The lowest BCUT2D eigenvalue weighted by Crippen LogP contribution is -2.31. The van der Waals surface area contributed by atoms with Gasteiger partial charge in [-0.2, -0.15) is 5.10 Å². The van der Waals surface area contributed by atoms with Crippen LogP contribution in [0.1, 0.15) is 23.0 Å². The topological polar surface area (TPSA) is 64.0 Å². The first-order valence-corrected chi connectivity index (χ1v) is 8.01. The van der Waals surface area contributed by atoms with E-state index in [1.165, 1.54) is 0 Å². The number of hydrogen-bond acceptors (Lipinski definition) is 3. The molecule has 0 bridgehead atoms. The van der Waals surface area contributed by atoms with Gasteiger partial charge >= 0.3 is 0 Å². The van der Waals surface area contributed by atoms with E-state index < -0.39 is 5.91 Å². The Balaban J connectivity index is 1.94. The van der Waals surface area contributed by atoms with Gasteiger partial charge in [0.2, 0.25) is 5.43 Å². The molecule has 0 aliphatic heterocycles. The summed E-state index contributed by atoms with van der Waals surface area (Å²) in [4.78, 5) is 25.0. The van der Waals surface area contributed by atoms with Crippen molar-refractivity contribution in [1.82, 2.24) is 15.1 Å². The van der Waals surface area contributed by atoms with Crippen LogP contribution >= 0.6 is 11.6 Å². The number of fused-ring (bicyclic) bond motifs is 1. The number of amides is 1. The Labute approximate surface area is 143 Å². The van der Waals surface area contributed by atoms with Crippen LogP contribution in [0.25, 0.3) is 10.9 Å². The molecular formula is C18H16ClN3O2. The number of rotatable bonds is 4. The summed E-state index contributed by atoms with van der Waals surface area (Å²) in [7, 11) is 0. The van der Waals surface area contributed by atoms with Gasteiger partial charge in [-0.15, -0.1) is 0 Å². The summed E-state index contributed by atoms with van der Waals surface area (Å²) in [6.45, 7) is 2.71. The van der Waals surface area contributed by atoms with Gasteiger partial charge in [-0.3, -0.25) is 14.3 Å².